The molecule has 0 spiro atoms. The third-order valence-corrected chi connectivity index (χ3v) is 5.51. The molecule has 8 heteroatoms. The molecule has 0 saturated carbocycles. The van der Waals surface area contributed by atoms with E-state index in [1.54, 1.807) is 26.0 Å². The Balaban J connectivity index is 1.73. The van der Waals surface area contributed by atoms with Gasteiger partial charge in [0, 0.05) is 18.2 Å². The molecule has 2 amide bonds. The van der Waals surface area contributed by atoms with Gasteiger partial charge in [0.1, 0.15) is 23.2 Å². The zero-order valence-corrected chi connectivity index (χ0v) is 16.8. The summed E-state index contributed by atoms with van der Waals surface area (Å²) in [5.41, 5.74) is 0.932. The molecule has 0 unspecified atom stereocenters. The van der Waals surface area contributed by atoms with Crippen LogP contribution in [0.3, 0.4) is 0 Å². The first-order valence-corrected chi connectivity index (χ1v) is 9.77. The van der Waals surface area contributed by atoms with Gasteiger partial charge in [-0.3, -0.25) is 9.69 Å². The Morgan fingerprint density at radius 2 is 1.97 bits per heavy atom. The topological polar surface area (TPSA) is 108 Å². The maximum Gasteiger partial charge on any atom is 0.407 e. The highest BCUT2D eigenvalue weighted by Gasteiger charge is 2.47. The minimum absolute atomic E-state index is 0.123. The molecule has 2 aromatic rings. The Morgan fingerprint density at radius 1 is 1.23 bits per heavy atom. The van der Waals surface area contributed by atoms with E-state index >= 15 is 0 Å². The maximum absolute atomic E-state index is 12.2. The van der Waals surface area contributed by atoms with Gasteiger partial charge in [-0.15, -0.1) is 0 Å². The van der Waals surface area contributed by atoms with Gasteiger partial charge in [-0.1, -0.05) is 30.3 Å². The van der Waals surface area contributed by atoms with E-state index in [4.69, 9.17) is 9.47 Å². The summed E-state index contributed by atoms with van der Waals surface area (Å²) in [6.45, 7) is 3.49. The zero-order valence-electron chi connectivity index (χ0n) is 16.8. The van der Waals surface area contributed by atoms with Crippen LogP contribution in [0.4, 0.5) is 10.5 Å². The predicted molar refractivity (Wildman–Crippen MR) is 109 cm³/mol. The van der Waals surface area contributed by atoms with Crippen molar-refractivity contribution >= 4 is 17.7 Å². The zero-order chi connectivity index (χ0) is 21.5. The average Bonchev–Trinajstić information content (AvgIpc) is 2.70. The molecule has 2 aromatic carbocycles. The SMILES string of the molecule is CC1(C)Oc2cc3c(cc2[C@H](N(CCc2ccccc2)C(=O)O)[C@H]1O)OCC(=O)N3. The summed E-state index contributed by atoms with van der Waals surface area (Å²) in [7, 11) is 0. The minimum atomic E-state index is -1.13. The molecule has 2 aliphatic heterocycles. The van der Waals surface area contributed by atoms with Gasteiger partial charge in [-0.2, -0.15) is 0 Å². The summed E-state index contributed by atoms with van der Waals surface area (Å²) in [6.07, 6.45) is -1.73. The average molecular weight is 412 g/mol. The van der Waals surface area contributed by atoms with E-state index in [2.05, 4.69) is 5.32 Å². The van der Waals surface area contributed by atoms with Crippen molar-refractivity contribution in [2.75, 3.05) is 18.5 Å². The van der Waals surface area contributed by atoms with Crippen LogP contribution >= 0.6 is 0 Å². The van der Waals surface area contributed by atoms with Gasteiger partial charge in [-0.05, 0) is 31.9 Å². The Bertz CT molecular complexity index is 975. The van der Waals surface area contributed by atoms with Gasteiger partial charge < -0.3 is 25.0 Å². The van der Waals surface area contributed by atoms with Crippen LogP contribution < -0.4 is 14.8 Å². The Hall–Kier alpha value is -3.26. The fraction of sp³-hybridized carbons (Fsp3) is 0.364. The minimum Gasteiger partial charge on any atom is -0.485 e. The monoisotopic (exact) mass is 412 g/mol. The van der Waals surface area contributed by atoms with Crippen LogP contribution in [0.15, 0.2) is 42.5 Å². The quantitative estimate of drug-likeness (QED) is 0.713. The fourth-order valence-electron chi connectivity index (χ4n) is 3.92. The highest BCUT2D eigenvalue weighted by Crippen LogP contribution is 2.47. The van der Waals surface area contributed by atoms with E-state index in [1.165, 1.54) is 4.90 Å². The van der Waals surface area contributed by atoms with Crippen LogP contribution in [0.25, 0.3) is 0 Å². The van der Waals surface area contributed by atoms with Crippen molar-refractivity contribution in [2.24, 2.45) is 0 Å². The first-order valence-electron chi connectivity index (χ1n) is 9.77. The molecule has 2 atom stereocenters. The van der Waals surface area contributed by atoms with Crippen LogP contribution in [0.5, 0.6) is 11.5 Å². The first kappa shape index (κ1) is 20.0. The number of ether oxygens (including phenoxy) is 2. The lowest BCUT2D eigenvalue weighted by Gasteiger charge is -2.45. The second kappa shape index (κ2) is 7.53. The molecular formula is C22H24N2O6. The van der Waals surface area contributed by atoms with Crippen molar-refractivity contribution < 1.29 is 29.3 Å². The summed E-state index contributed by atoms with van der Waals surface area (Å²) in [6, 6.07) is 12.0. The highest BCUT2D eigenvalue weighted by molar-refractivity contribution is 5.95. The molecule has 0 bridgehead atoms. The number of carbonyl (C=O) groups is 2. The van der Waals surface area contributed by atoms with Gasteiger partial charge in [0.05, 0.1) is 11.7 Å². The lowest BCUT2D eigenvalue weighted by atomic mass is 9.85. The molecule has 30 heavy (non-hydrogen) atoms. The number of amides is 2. The van der Waals surface area contributed by atoms with Crippen molar-refractivity contribution in [3.05, 3.63) is 53.6 Å². The standard InChI is InChI=1S/C22H24N2O6/c1-22(2)20(26)19(24(21(27)28)9-8-13-6-4-3-5-7-13)14-10-17-15(11-16(14)30-22)23-18(25)12-29-17/h3-7,10-11,19-20,26H,8-9,12H2,1-2H3,(H,23,25)(H,27,28)/t19-,20+/m0/s1. The van der Waals surface area contributed by atoms with Crippen molar-refractivity contribution in [1.29, 1.82) is 0 Å². The number of aliphatic hydroxyl groups excluding tert-OH is 1. The van der Waals surface area contributed by atoms with E-state index in [0.29, 0.717) is 29.2 Å². The van der Waals surface area contributed by atoms with Crippen LogP contribution in [0, 0.1) is 0 Å². The van der Waals surface area contributed by atoms with Gasteiger partial charge in [0.2, 0.25) is 0 Å². The summed E-state index contributed by atoms with van der Waals surface area (Å²) in [4.78, 5) is 25.1. The van der Waals surface area contributed by atoms with E-state index in [0.717, 1.165) is 5.56 Å². The van der Waals surface area contributed by atoms with E-state index in [-0.39, 0.29) is 19.1 Å². The molecule has 8 nitrogen and oxygen atoms in total. The summed E-state index contributed by atoms with van der Waals surface area (Å²) >= 11 is 0. The molecule has 2 heterocycles. The molecule has 4 rings (SSSR count). The van der Waals surface area contributed by atoms with Crippen molar-refractivity contribution in [1.82, 2.24) is 4.90 Å². The molecular weight excluding hydrogens is 388 g/mol. The van der Waals surface area contributed by atoms with Gasteiger partial charge in [-0.25, -0.2) is 4.79 Å². The fourth-order valence-corrected chi connectivity index (χ4v) is 3.92. The molecule has 3 N–H and O–H groups in total. The Labute approximate surface area is 174 Å². The van der Waals surface area contributed by atoms with E-state index in [9.17, 15) is 19.8 Å². The molecule has 0 fully saturated rings. The third-order valence-electron chi connectivity index (χ3n) is 5.51. The number of benzene rings is 2. The van der Waals surface area contributed by atoms with Crippen LogP contribution in [0.2, 0.25) is 0 Å². The summed E-state index contributed by atoms with van der Waals surface area (Å²) in [5.74, 6) is 0.553. The van der Waals surface area contributed by atoms with E-state index in [1.807, 2.05) is 30.3 Å². The second-order valence-corrected chi connectivity index (χ2v) is 8.03. The molecule has 158 valence electrons. The summed E-state index contributed by atoms with van der Waals surface area (Å²) < 4.78 is 11.5. The Kier molecular flexibility index (Phi) is 5.03. The van der Waals surface area contributed by atoms with Gasteiger partial charge in [0.15, 0.2) is 6.61 Å². The molecule has 0 saturated heterocycles. The number of rotatable bonds is 4. The van der Waals surface area contributed by atoms with Crippen LogP contribution in [-0.4, -0.2) is 52.0 Å². The predicted octanol–water partition coefficient (Wildman–Crippen LogP) is 2.81. The number of hydrogen-bond donors (Lipinski definition) is 3. The molecule has 0 aliphatic carbocycles. The smallest absolute Gasteiger partial charge is 0.407 e. The number of anilines is 1. The summed E-state index contributed by atoms with van der Waals surface area (Å²) in [5, 5.41) is 23.8. The van der Waals surface area contributed by atoms with Crippen molar-refractivity contribution in [2.45, 2.75) is 38.0 Å². The number of nitrogens with zero attached hydrogens (tertiary/aromatic N) is 1. The highest BCUT2D eigenvalue weighted by atomic mass is 16.5. The van der Waals surface area contributed by atoms with Crippen LogP contribution in [0.1, 0.15) is 31.0 Å². The van der Waals surface area contributed by atoms with E-state index < -0.39 is 23.8 Å². The number of hydrogen-bond acceptors (Lipinski definition) is 5. The number of aliphatic hydroxyl groups is 1. The van der Waals surface area contributed by atoms with Crippen LogP contribution in [-0.2, 0) is 11.2 Å². The van der Waals surface area contributed by atoms with Crippen molar-refractivity contribution in [3.63, 3.8) is 0 Å². The molecule has 2 aliphatic rings. The van der Waals surface area contributed by atoms with Gasteiger partial charge in [0.25, 0.3) is 5.91 Å². The number of fused-ring (bicyclic) bond motifs is 2. The van der Waals surface area contributed by atoms with Gasteiger partial charge >= 0.3 is 6.09 Å². The molecule has 0 radical (unpaired) electrons. The number of carbonyl (C=O) groups excluding carboxylic acids is 1. The third kappa shape index (κ3) is 3.66. The maximum atomic E-state index is 12.2. The first-order chi connectivity index (χ1) is 14.3. The molecule has 0 aromatic heterocycles. The number of carboxylic acid groups (broad SMARTS) is 1. The largest absolute Gasteiger partial charge is 0.485 e. The number of nitrogens with one attached hydrogen (secondary N) is 1. The normalized spacial score (nSPS) is 21.4. The lowest BCUT2D eigenvalue weighted by Crippen LogP contribution is -2.55. The Morgan fingerprint density at radius 3 is 2.67 bits per heavy atom. The van der Waals surface area contributed by atoms with Crippen molar-refractivity contribution in [3.8, 4) is 11.5 Å². The second-order valence-electron chi connectivity index (χ2n) is 8.03. The lowest BCUT2D eigenvalue weighted by molar-refractivity contribution is -0.118.